The van der Waals surface area contributed by atoms with Crippen LogP contribution in [0.1, 0.15) is 148 Å². The first-order chi connectivity index (χ1) is 52.3. The van der Waals surface area contributed by atoms with Gasteiger partial charge in [-0.1, -0.05) is 0 Å². The summed E-state index contributed by atoms with van der Waals surface area (Å²) in [5.41, 5.74) is 20.0. The fraction of sp³-hybridized carbons (Fsp3) is 0.366. The number of primary amides is 1. The molecule has 1 fully saturated rings. The fourth-order valence-electron chi connectivity index (χ4n) is 12.5. The number of hydrogen-bond acceptors (Lipinski definition) is 16. The molecule has 0 saturated carbocycles. The second kappa shape index (κ2) is 36.2. The smallest absolute Gasteiger partial charge is 0.291 e. The van der Waals surface area contributed by atoms with Gasteiger partial charge in [-0.25, -0.2) is 4.98 Å². The average molecular weight is 1520 g/mol. The first kappa shape index (κ1) is 80.6. The number of hydrogen-bond donors (Lipinski definition) is 16. The highest BCUT2D eigenvalue weighted by Gasteiger charge is 2.39. The number of carbonyl (C=O) groups is 13. The highest BCUT2D eigenvalue weighted by molar-refractivity contribution is 6.11. The second-order valence-corrected chi connectivity index (χ2v) is 26.6. The number of guanidine groups is 1. The van der Waals surface area contributed by atoms with Crippen LogP contribution in [0.3, 0.4) is 0 Å². The first-order valence-electron chi connectivity index (χ1n) is 35.2. The van der Waals surface area contributed by atoms with E-state index in [1.54, 1.807) is 96.5 Å². The lowest BCUT2D eigenvalue weighted by Gasteiger charge is -2.29. The minimum atomic E-state index is -1.09. The van der Waals surface area contributed by atoms with Crippen LogP contribution in [0.5, 0.6) is 0 Å². The number of imidazole rings is 1. The monoisotopic (exact) mass is 1520 g/mol. The number of amides is 13. The number of rotatable bonds is 35. The number of aromatic nitrogens is 9. The number of anilines is 7. The third kappa shape index (κ3) is 20.8. The number of unbranched alkanes of at least 4 members (excludes halogenated alkanes) is 1. The van der Waals surface area contributed by atoms with Crippen molar-refractivity contribution >= 4 is 123 Å². The molecule has 0 spiro atoms. The Kier molecular flexibility index (Phi) is 26.5. The highest BCUT2D eigenvalue weighted by Crippen LogP contribution is 2.26. The van der Waals surface area contributed by atoms with Crippen molar-refractivity contribution in [1.29, 1.82) is 5.41 Å². The van der Waals surface area contributed by atoms with E-state index in [2.05, 4.69) is 68.8 Å². The molecule has 1 aliphatic heterocycles. The Labute approximate surface area is 630 Å². The largest absolute Gasteiger partial charge is 0.370 e. The van der Waals surface area contributed by atoms with Crippen LogP contribution in [0.25, 0.3) is 0 Å². The minimum Gasteiger partial charge on any atom is -0.370 e. The molecular weight excluding hydrogens is 1420 g/mol. The number of aryl methyl sites for hydroxylation is 8. The molecule has 19 N–H and O–H groups in total. The van der Waals surface area contributed by atoms with Crippen LogP contribution in [0, 0.1) is 5.41 Å². The normalized spacial score (nSPS) is 13.0. The molecule has 9 heterocycles. The lowest BCUT2D eigenvalue weighted by atomic mass is 10.1. The SMILES string of the molecule is Cn1cc(NC(=O)c2cc(NC(=O)c3cc(NC(=O)c4nccn4C)cn3C)cn2C)cc1C(=O)NCCCC(=O)Nc1cc(C(=O)Nc2cc(C(=O)Nc3cc(C(=O)Nc4cc(C(=O)NCCC(=O)NC(CCCNC(=N)N)C(=O)N5CCCC5C(=O)NC(CCCCN)C(N)=O)n(C)c4)n(C)c3)n(C)c2)n(C)c1. The van der Waals surface area contributed by atoms with E-state index >= 15 is 0 Å². The number of carbonyl (C=O) groups excluding carboxylic acids is 13. The van der Waals surface area contributed by atoms with Crippen molar-refractivity contribution in [3.63, 3.8) is 0 Å². The molecule has 0 radical (unpaired) electrons. The van der Waals surface area contributed by atoms with Gasteiger partial charge in [0.05, 0.1) is 39.8 Å². The van der Waals surface area contributed by atoms with Gasteiger partial charge >= 0.3 is 0 Å². The molecule has 584 valence electrons. The van der Waals surface area contributed by atoms with Gasteiger partial charge in [0.1, 0.15) is 58.0 Å². The third-order valence-corrected chi connectivity index (χ3v) is 18.1. The van der Waals surface area contributed by atoms with E-state index in [4.69, 9.17) is 22.6 Å². The zero-order valence-corrected chi connectivity index (χ0v) is 62.1. The number of nitrogens with zero attached hydrogens (tertiary/aromatic N) is 10. The summed E-state index contributed by atoms with van der Waals surface area (Å²) in [5.74, 6) is -7.04. The van der Waals surface area contributed by atoms with Crippen molar-refractivity contribution in [2.45, 2.75) is 82.3 Å². The van der Waals surface area contributed by atoms with Crippen molar-refractivity contribution in [2.75, 3.05) is 69.9 Å². The Morgan fingerprint density at radius 1 is 0.436 bits per heavy atom. The van der Waals surface area contributed by atoms with Gasteiger partial charge in [0.2, 0.25) is 29.5 Å². The summed E-state index contributed by atoms with van der Waals surface area (Å²) in [6, 6.07) is 7.35. The van der Waals surface area contributed by atoms with Crippen LogP contribution in [0.4, 0.5) is 39.8 Å². The van der Waals surface area contributed by atoms with Crippen molar-refractivity contribution in [3.8, 4) is 0 Å². The summed E-state index contributed by atoms with van der Waals surface area (Å²) >= 11 is 0. The molecule has 0 aromatic carbocycles. The summed E-state index contributed by atoms with van der Waals surface area (Å²) in [6.45, 7) is 0.817. The van der Waals surface area contributed by atoms with Gasteiger partial charge in [-0.3, -0.25) is 67.7 Å². The molecule has 0 bridgehead atoms. The van der Waals surface area contributed by atoms with Crippen LogP contribution < -0.4 is 81.0 Å². The second-order valence-electron chi connectivity index (χ2n) is 26.6. The predicted octanol–water partition coefficient (Wildman–Crippen LogP) is 1.41. The Morgan fingerprint density at radius 3 is 1.21 bits per heavy atom. The van der Waals surface area contributed by atoms with Gasteiger partial charge in [-0.05, 0) is 100 Å². The Balaban J connectivity index is 0.688. The summed E-state index contributed by atoms with van der Waals surface area (Å²) < 4.78 is 12.1. The quantitative estimate of drug-likeness (QED) is 0.0152. The lowest BCUT2D eigenvalue weighted by Crippen LogP contribution is -2.56. The standard InChI is InChI=1S/C71H92N26O13/c1-89-25-23-76-60(89)69(109)86-46-32-56(96(8)39-46)68(108)85-45-31-53(94(6)38-45)65(105)81-41-27-50(90(2)34-41)61(101)77-20-12-17-57(98)80-40-26-52(92(4)33-40)64(104)83-43-29-55(95(7)36-43)67(107)84-44-30-54(93(5)37-44)66(106)82-42-28-51(91(3)35-42)62(102)78-22-18-58(99)87-48(15-11-21-79-71(74)75)70(110)97-24-13-16-49(97)63(103)88-47(59(73)100)14-9-10-19-72/h23,25-39,47-49H,9-22,24,72H2,1-8H3,(H2,73,100)(H,77,101)(H,78,102)(H,80,98)(H,81,105)(H,82,106)(H,83,104)(H,84,107)(H,85,108)(H,86,109)(H,87,99)(H,88,103)(H4,74,75,79). The van der Waals surface area contributed by atoms with Crippen LogP contribution >= 0.6 is 0 Å². The van der Waals surface area contributed by atoms with Crippen LogP contribution in [0.15, 0.2) is 98.2 Å². The van der Waals surface area contributed by atoms with Gasteiger partial charge < -0.3 is 122 Å². The molecule has 13 amide bonds. The van der Waals surface area contributed by atoms with Crippen molar-refractivity contribution in [3.05, 3.63) is 144 Å². The van der Waals surface area contributed by atoms with Crippen LogP contribution in [-0.2, 0) is 80.4 Å². The molecule has 8 aromatic rings. The zero-order chi connectivity index (χ0) is 79.8. The summed E-state index contributed by atoms with van der Waals surface area (Å²) in [5, 5.41) is 40.4. The van der Waals surface area contributed by atoms with Crippen molar-refractivity contribution in [2.24, 2.45) is 73.6 Å². The van der Waals surface area contributed by atoms with Gasteiger partial charge in [0.15, 0.2) is 11.8 Å². The van der Waals surface area contributed by atoms with Crippen LogP contribution in [-0.4, -0.2) is 180 Å². The number of nitrogens with two attached hydrogens (primary N) is 3. The predicted molar refractivity (Wildman–Crippen MR) is 406 cm³/mol. The van der Waals surface area contributed by atoms with Crippen molar-refractivity contribution in [1.82, 2.24) is 73.0 Å². The molecule has 39 nitrogen and oxygen atoms in total. The molecular formula is C71H92N26O13. The van der Waals surface area contributed by atoms with E-state index < -0.39 is 89.0 Å². The van der Waals surface area contributed by atoms with E-state index in [0.29, 0.717) is 61.4 Å². The number of likely N-dealkylation sites (tertiary alicyclic amines) is 1. The third-order valence-electron chi connectivity index (χ3n) is 18.1. The van der Waals surface area contributed by atoms with Crippen molar-refractivity contribution < 1.29 is 62.3 Å². The van der Waals surface area contributed by atoms with E-state index in [1.807, 2.05) is 0 Å². The van der Waals surface area contributed by atoms with E-state index in [-0.39, 0.29) is 133 Å². The summed E-state index contributed by atoms with van der Waals surface area (Å²) in [4.78, 5) is 179. The Bertz CT molecular complexity index is 4840. The zero-order valence-electron chi connectivity index (χ0n) is 62.1. The van der Waals surface area contributed by atoms with E-state index in [9.17, 15) is 62.3 Å². The summed E-state index contributed by atoms with van der Waals surface area (Å²) in [6.07, 6.45) is 16.7. The minimum absolute atomic E-state index is 0.00910. The summed E-state index contributed by atoms with van der Waals surface area (Å²) in [7, 11) is 13.0. The highest BCUT2D eigenvalue weighted by atomic mass is 16.2. The first-order valence-corrected chi connectivity index (χ1v) is 35.2. The van der Waals surface area contributed by atoms with E-state index in [0.717, 1.165) is 0 Å². The molecule has 1 aliphatic rings. The maximum absolute atomic E-state index is 14.0. The molecule has 39 heteroatoms. The molecule has 8 aromatic heterocycles. The van der Waals surface area contributed by atoms with E-state index in [1.165, 1.54) is 99.6 Å². The maximum atomic E-state index is 14.0. The van der Waals surface area contributed by atoms with Gasteiger partial charge in [-0.2, -0.15) is 0 Å². The van der Waals surface area contributed by atoms with Gasteiger partial charge in [0, 0.05) is 151 Å². The molecule has 3 atom stereocenters. The topological polar surface area (TPSA) is 524 Å². The number of nitrogens with one attached hydrogen (secondary N) is 13. The van der Waals surface area contributed by atoms with Gasteiger partial charge in [0.25, 0.3) is 47.3 Å². The molecule has 1 saturated heterocycles. The maximum Gasteiger partial charge on any atom is 0.291 e. The molecule has 0 aliphatic carbocycles. The average Bonchev–Trinajstić information content (AvgIpc) is 1.66. The fourth-order valence-corrected chi connectivity index (χ4v) is 12.5. The lowest BCUT2D eigenvalue weighted by molar-refractivity contribution is -0.142. The Hall–Kier alpha value is -13.5. The molecule has 110 heavy (non-hydrogen) atoms. The van der Waals surface area contributed by atoms with Gasteiger partial charge in [-0.15, -0.1) is 0 Å². The molecule has 3 unspecified atom stereocenters. The Morgan fingerprint density at radius 2 is 0.818 bits per heavy atom. The van der Waals surface area contributed by atoms with Crippen LogP contribution in [0.2, 0.25) is 0 Å². The molecule has 9 rings (SSSR count).